The molecule has 0 aliphatic carbocycles. The number of esters is 1. The zero-order chi connectivity index (χ0) is 23.8. The lowest BCUT2D eigenvalue weighted by Crippen LogP contribution is -2.40. The van der Waals surface area contributed by atoms with E-state index in [1.165, 1.54) is 25.3 Å². The van der Waals surface area contributed by atoms with Crippen molar-refractivity contribution in [2.45, 2.75) is 77.3 Å². The number of hydrogen-bond donors (Lipinski definition) is 2. The minimum absolute atomic E-state index is 0.00728. The first-order chi connectivity index (χ1) is 14.2. The standard InChI is InChI=1S/C22H36N2O6S/c1-15(2)9-8-10-16(3)23-20(25)14-30-21(26)17-11-12-18(29-7)19(13-17)31(27,28)24-22(4,5)6/h11-13,15-16,24H,8-10,14H2,1-7H3,(H,23,25). The van der Waals surface area contributed by atoms with Gasteiger partial charge in [0, 0.05) is 11.6 Å². The van der Waals surface area contributed by atoms with Crippen LogP contribution in [0, 0.1) is 5.92 Å². The third kappa shape index (κ3) is 9.69. The van der Waals surface area contributed by atoms with Crippen molar-refractivity contribution < 1.29 is 27.5 Å². The molecule has 0 saturated heterocycles. The highest BCUT2D eigenvalue weighted by molar-refractivity contribution is 7.89. The summed E-state index contributed by atoms with van der Waals surface area (Å²) >= 11 is 0. The van der Waals surface area contributed by atoms with E-state index in [2.05, 4.69) is 23.9 Å². The normalized spacial score (nSPS) is 13.0. The van der Waals surface area contributed by atoms with E-state index in [0.29, 0.717) is 5.92 Å². The summed E-state index contributed by atoms with van der Waals surface area (Å²) in [6, 6.07) is 3.93. The number of carbonyl (C=O) groups excluding carboxylic acids is 2. The van der Waals surface area contributed by atoms with Crippen LogP contribution < -0.4 is 14.8 Å². The van der Waals surface area contributed by atoms with Gasteiger partial charge < -0.3 is 14.8 Å². The van der Waals surface area contributed by atoms with E-state index in [-0.39, 0.29) is 22.3 Å². The maximum atomic E-state index is 12.7. The number of ether oxygens (including phenoxy) is 2. The quantitative estimate of drug-likeness (QED) is 0.495. The second-order valence-corrected chi connectivity index (χ2v) is 10.7. The van der Waals surface area contributed by atoms with E-state index in [1.807, 2.05) is 6.92 Å². The van der Waals surface area contributed by atoms with Crippen LogP contribution in [-0.4, -0.2) is 45.6 Å². The predicted molar refractivity (Wildman–Crippen MR) is 120 cm³/mol. The molecule has 176 valence electrons. The van der Waals surface area contributed by atoms with Gasteiger partial charge >= 0.3 is 5.97 Å². The molecule has 2 N–H and O–H groups in total. The maximum absolute atomic E-state index is 12.7. The smallest absolute Gasteiger partial charge is 0.338 e. The number of sulfonamides is 1. The highest BCUT2D eigenvalue weighted by Gasteiger charge is 2.26. The summed E-state index contributed by atoms with van der Waals surface area (Å²) in [5.41, 5.74) is -0.711. The van der Waals surface area contributed by atoms with Crippen LogP contribution in [0.4, 0.5) is 0 Å². The molecule has 0 spiro atoms. The molecule has 1 rings (SSSR count). The molecule has 1 atom stereocenters. The fourth-order valence-electron chi connectivity index (χ4n) is 2.91. The molecule has 0 aliphatic rings. The summed E-state index contributed by atoms with van der Waals surface area (Å²) < 4.78 is 38.1. The lowest BCUT2D eigenvalue weighted by molar-refractivity contribution is -0.124. The average molecular weight is 457 g/mol. The van der Waals surface area contributed by atoms with E-state index in [1.54, 1.807) is 20.8 Å². The lowest BCUT2D eigenvalue weighted by atomic mass is 10.0. The lowest BCUT2D eigenvalue weighted by Gasteiger charge is -2.21. The molecule has 0 aliphatic heterocycles. The van der Waals surface area contributed by atoms with Gasteiger partial charge in [-0.1, -0.05) is 26.7 Å². The molecule has 0 bridgehead atoms. The summed E-state index contributed by atoms with van der Waals surface area (Å²) in [5, 5.41) is 2.80. The minimum atomic E-state index is -3.94. The van der Waals surface area contributed by atoms with Crippen molar-refractivity contribution in [2.24, 2.45) is 5.92 Å². The summed E-state index contributed by atoms with van der Waals surface area (Å²) in [5.74, 6) is -0.486. The van der Waals surface area contributed by atoms with Crippen LogP contribution in [0.2, 0.25) is 0 Å². The molecule has 8 nitrogen and oxygen atoms in total. The summed E-state index contributed by atoms with van der Waals surface area (Å²) in [6.07, 6.45) is 2.94. The Bertz CT molecular complexity index is 859. The van der Waals surface area contributed by atoms with Crippen molar-refractivity contribution >= 4 is 21.9 Å². The van der Waals surface area contributed by atoms with Gasteiger partial charge in [-0.2, -0.15) is 0 Å². The van der Waals surface area contributed by atoms with Crippen molar-refractivity contribution in [3.63, 3.8) is 0 Å². The number of nitrogens with one attached hydrogen (secondary N) is 2. The Morgan fingerprint density at radius 3 is 2.29 bits per heavy atom. The number of amides is 1. The third-order valence-corrected chi connectivity index (χ3v) is 6.07. The predicted octanol–water partition coefficient (Wildman–Crippen LogP) is 3.26. The van der Waals surface area contributed by atoms with Crippen molar-refractivity contribution in [2.75, 3.05) is 13.7 Å². The fraction of sp³-hybridized carbons (Fsp3) is 0.636. The SMILES string of the molecule is COc1ccc(C(=O)OCC(=O)NC(C)CCCC(C)C)cc1S(=O)(=O)NC(C)(C)C. The topological polar surface area (TPSA) is 111 Å². The van der Waals surface area contributed by atoms with Crippen molar-refractivity contribution in [1.82, 2.24) is 10.0 Å². The average Bonchev–Trinajstić information content (AvgIpc) is 2.63. The molecule has 0 heterocycles. The Kier molecular flexibility index (Phi) is 9.96. The molecular weight excluding hydrogens is 420 g/mol. The van der Waals surface area contributed by atoms with Gasteiger partial charge in [0.15, 0.2) is 6.61 Å². The zero-order valence-corrected chi connectivity index (χ0v) is 20.4. The highest BCUT2D eigenvalue weighted by Crippen LogP contribution is 2.26. The number of methoxy groups -OCH3 is 1. The van der Waals surface area contributed by atoms with Crippen molar-refractivity contribution in [3.8, 4) is 5.75 Å². The molecule has 0 radical (unpaired) electrons. The van der Waals surface area contributed by atoms with E-state index < -0.39 is 34.0 Å². The van der Waals surface area contributed by atoms with Gasteiger partial charge in [0.25, 0.3) is 5.91 Å². The molecule has 0 fully saturated rings. The van der Waals surface area contributed by atoms with E-state index >= 15 is 0 Å². The van der Waals surface area contributed by atoms with Crippen LogP contribution in [0.1, 0.15) is 71.2 Å². The summed E-state index contributed by atoms with van der Waals surface area (Å²) in [7, 11) is -2.60. The Morgan fingerprint density at radius 1 is 1.10 bits per heavy atom. The van der Waals surface area contributed by atoms with Crippen LogP contribution in [0.3, 0.4) is 0 Å². The number of rotatable bonds is 11. The van der Waals surface area contributed by atoms with Gasteiger partial charge in [0.1, 0.15) is 10.6 Å². The zero-order valence-electron chi connectivity index (χ0n) is 19.6. The Morgan fingerprint density at radius 2 is 1.74 bits per heavy atom. The van der Waals surface area contributed by atoms with E-state index in [4.69, 9.17) is 9.47 Å². The second kappa shape index (κ2) is 11.5. The number of benzene rings is 1. The monoisotopic (exact) mass is 456 g/mol. The van der Waals surface area contributed by atoms with Crippen LogP contribution in [-0.2, 0) is 19.6 Å². The first kappa shape index (κ1) is 26.9. The molecule has 9 heteroatoms. The van der Waals surface area contributed by atoms with Crippen LogP contribution in [0.5, 0.6) is 5.75 Å². The van der Waals surface area contributed by atoms with Crippen LogP contribution >= 0.6 is 0 Å². The molecule has 0 aromatic heterocycles. The summed E-state index contributed by atoms with van der Waals surface area (Å²) in [6.45, 7) is 10.9. The molecule has 1 aromatic carbocycles. The third-order valence-electron chi connectivity index (χ3n) is 4.29. The Labute approximate surface area is 186 Å². The largest absolute Gasteiger partial charge is 0.495 e. The van der Waals surface area contributed by atoms with Crippen molar-refractivity contribution in [3.05, 3.63) is 23.8 Å². The molecule has 1 aromatic rings. The first-order valence-corrected chi connectivity index (χ1v) is 11.9. The first-order valence-electron chi connectivity index (χ1n) is 10.4. The fourth-order valence-corrected chi connectivity index (χ4v) is 4.52. The Balaban J connectivity index is 2.79. The van der Waals surface area contributed by atoms with E-state index in [9.17, 15) is 18.0 Å². The van der Waals surface area contributed by atoms with Crippen LogP contribution in [0.25, 0.3) is 0 Å². The maximum Gasteiger partial charge on any atom is 0.338 e. The van der Waals surface area contributed by atoms with Crippen molar-refractivity contribution in [1.29, 1.82) is 0 Å². The molecular formula is C22H36N2O6S. The Hall–Kier alpha value is -2.13. The van der Waals surface area contributed by atoms with Gasteiger partial charge in [0.2, 0.25) is 10.0 Å². The summed E-state index contributed by atoms with van der Waals surface area (Å²) in [4.78, 5) is 24.3. The van der Waals surface area contributed by atoms with Gasteiger partial charge in [-0.3, -0.25) is 4.79 Å². The molecule has 0 saturated carbocycles. The number of carbonyl (C=O) groups is 2. The second-order valence-electron chi connectivity index (χ2n) is 9.09. The van der Waals surface area contributed by atoms with Gasteiger partial charge in [-0.15, -0.1) is 0 Å². The highest BCUT2D eigenvalue weighted by atomic mass is 32.2. The van der Waals surface area contributed by atoms with Gasteiger partial charge in [-0.25, -0.2) is 17.9 Å². The molecule has 1 unspecified atom stereocenters. The van der Waals surface area contributed by atoms with Gasteiger partial charge in [-0.05, 0) is 58.2 Å². The van der Waals surface area contributed by atoms with E-state index in [0.717, 1.165) is 19.3 Å². The molecule has 31 heavy (non-hydrogen) atoms. The van der Waals surface area contributed by atoms with Crippen LogP contribution in [0.15, 0.2) is 23.1 Å². The number of hydrogen-bond acceptors (Lipinski definition) is 6. The van der Waals surface area contributed by atoms with Gasteiger partial charge in [0.05, 0.1) is 12.7 Å². The minimum Gasteiger partial charge on any atom is -0.495 e. The molecule has 1 amide bonds.